The number of benzene rings is 1. The van der Waals surface area contributed by atoms with Crippen molar-refractivity contribution < 1.29 is 15.0 Å². The van der Waals surface area contributed by atoms with Crippen LogP contribution < -0.4 is 0 Å². The number of nitrogens with zero attached hydrogens (tertiary/aromatic N) is 2. The Labute approximate surface area is 151 Å². The number of likely N-dealkylation sites (tertiary alicyclic amines) is 1. The molecule has 0 bridgehead atoms. The second-order valence-corrected chi connectivity index (χ2v) is 7.29. The van der Waals surface area contributed by atoms with Gasteiger partial charge in [0.05, 0.1) is 18.8 Å². The fraction of sp³-hybridized carbons (Fsp3) is 0.368. The molecule has 1 aliphatic rings. The van der Waals surface area contributed by atoms with Crippen molar-refractivity contribution >= 4 is 17.7 Å². The number of hydrogen-bond donors (Lipinski definition) is 2. The van der Waals surface area contributed by atoms with Gasteiger partial charge in [0.15, 0.2) is 0 Å². The first-order chi connectivity index (χ1) is 12.0. The second kappa shape index (κ2) is 7.56. The van der Waals surface area contributed by atoms with E-state index < -0.39 is 5.60 Å². The minimum Gasteiger partial charge on any atom is -0.393 e. The van der Waals surface area contributed by atoms with Crippen LogP contribution >= 0.6 is 11.8 Å². The van der Waals surface area contributed by atoms with Gasteiger partial charge in [-0.15, -0.1) is 0 Å². The van der Waals surface area contributed by atoms with E-state index in [1.165, 1.54) is 5.56 Å². The highest BCUT2D eigenvalue weighted by molar-refractivity contribution is 7.97. The van der Waals surface area contributed by atoms with Crippen LogP contribution in [0.1, 0.15) is 22.3 Å². The molecule has 0 radical (unpaired) electrons. The summed E-state index contributed by atoms with van der Waals surface area (Å²) < 4.78 is 0. The standard InChI is InChI=1S/C19H22N2O3S/c1-25-11-14-2-7-17(20-10-14)15-3-5-16(6-4-15)18(23)21-9-8-19(24,12-21)13-22/h2-7,10,22,24H,8-9,11-13H2,1H3/t19-/m0/s1. The number of amides is 1. The molecule has 2 aromatic rings. The summed E-state index contributed by atoms with van der Waals surface area (Å²) in [5, 5.41) is 19.3. The molecule has 0 spiro atoms. The lowest BCUT2D eigenvalue weighted by Crippen LogP contribution is -2.38. The number of aromatic nitrogens is 1. The monoisotopic (exact) mass is 358 g/mol. The molecule has 2 heterocycles. The van der Waals surface area contributed by atoms with Gasteiger partial charge >= 0.3 is 0 Å². The topological polar surface area (TPSA) is 73.7 Å². The smallest absolute Gasteiger partial charge is 0.253 e. The summed E-state index contributed by atoms with van der Waals surface area (Å²) in [5.41, 5.74) is 2.43. The number of aliphatic hydroxyl groups is 2. The summed E-state index contributed by atoms with van der Waals surface area (Å²) >= 11 is 1.76. The highest BCUT2D eigenvalue weighted by Gasteiger charge is 2.37. The van der Waals surface area contributed by atoms with E-state index in [-0.39, 0.29) is 19.1 Å². The third-order valence-corrected chi connectivity index (χ3v) is 5.10. The van der Waals surface area contributed by atoms with Crippen molar-refractivity contribution in [3.05, 3.63) is 53.7 Å². The largest absolute Gasteiger partial charge is 0.393 e. The van der Waals surface area contributed by atoms with E-state index in [0.717, 1.165) is 17.0 Å². The minimum absolute atomic E-state index is 0.126. The SMILES string of the molecule is CSCc1ccc(-c2ccc(C(=O)N3CC[C@@](O)(CO)C3)cc2)nc1. The Hall–Kier alpha value is -1.89. The molecule has 6 heteroatoms. The normalized spacial score (nSPS) is 20.0. The first-order valence-electron chi connectivity index (χ1n) is 8.21. The average molecular weight is 358 g/mol. The molecule has 25 heavy (non-hydrogen) atoms. The van der Waals surface area contributed by atoms with Gasteiger partial charge in [-0.05, 0) is 36.4 Å². The fourth-order valence-electron chi connectivity index (χ4n) is 2.97. The number of rotatable bonds is 5. The molecule has 1 aromatic carbocycles. The van der Waals surface area contributed by atoms with Crippen molar-refractivity contribution in [1.82, 2.24) is 9.88 Å². The van der Waals surface area contributed by atoms with Gasteiger partial charge in [0, 0.05) is 29.6 Å². The van der Waals surface area contributed by atoms with Crippen LogP contribution in [0, 0.1) is 0 Å². The lowest BCUT2D eigenvalue weighted by atomic mass is 10.1. The van der Waals surface area contributed by atoms with Crippen LogP contribution in [0.5, 0.6) is 0 Å². The highest BCUT2D eigenvalue weighted by Crippen LogP contribution is 2.24. The van der Waals surface area contributed by atoms with E-state index in [0.29, 0.717) is 18.5 Å². The minimum atomic E-state index is -1.17. The summed E-state index contributed by atoms with van der Waals surface area (Å²) in [6.45, 7) is 0.298. The van der Waals surface area contributed by atoms with Crippen molar-refractivity contribution in [2.75, 3.05) is 26.0 Å². The molecule has 0 saturated carbocycles. The number of thioether (sulfide) groups is 1. The van der Waals surface area contributed by atoms with Crippen LogP contribution in [0.2, 0.25) is 0 Å². The molecular weight excluding hydrogens is 336 g/mol. The summed E-state index contributed by atoms with van der Waals surface area (Å²) in [5.74, 6) is 0.815. The number of β-amino-alcohol motifs (C(OH)–C–C–N with tert-alkyl or cyclic N) is 1. The third kappa shape index (κ3) is 4.03. The van der Waals surface area contributed by atoms with Crippen LogP contribution in [0.25, 0.3) is 11.3 Å². The van der Waals surface area contributed by atoms with E-state index >= 15 is 0 Å². The highest BCUT2D eigenvalue weighted by atomic mass is 32.2. The van der Waals surface area contributed by atoms with Crippen LogP contribution in [-0.4, -0.2) is 57.6 Å². The Morgan fingerprint density at radius 1 is 1.28 bits per heavy atom. The molecule has 0 aliphatic carbocycles. The van der Waals surface area contributed by atoms with Gasteiger partial charge in [-0.25, -0.2) is 0 Å². The number of hydrogen-bond acceptors (Lipinski definition) is 5. The van der Waals surface area contributed by atoms with Crippen molar-refractivity contribution in [3.63, 3.8) is 0 Å². The molecule has 1 aliphatic heterocycles. The molecule has 5 nitrogen and oxygen atoms in total. The molecular formula is C19H22N2O3S. The maximum absolute atomic E-state index is 12.5. The molecule has 1 atom stereocenters. The molecule has 3 rings (SSSR count). The molecule has 0 unspecified atom stereocenters. The molecule has 1 aromatic heterocycles. The first-order valence-corrected chi connectivity index (χ1v) is 9.61. The molecule has 1 fully saturated rings. The average Bonchev–Trinajstić information content (AvgIpc) is 3.05. The Morgan fingerprint density at radius 2 is 2.04 bits per heavy atom. The van der Waals surface area contributed by atoms with Gasteiger partial charge in [-0.3, -0.25) is 9.78 Å². The molecule has 1 saturated heterocycles. The Balaban J connectivity index is 1.71. The summed E-state index contributed by atoms with van der Waals surface area (Å²) in [6.07, 6.45) is 4.34. The molecule has 2 N–H and O–H groups in total. The lowest BCUT2D eigenvalue weighted by molar-refractivity contribution is -0.00455. The predicted octanol–water partition coefficient (Wildman–Crippen LogP) is 2.18. The predicted molar refractivity (Wildman–Crippen MR) is 99.4 cm³/mol. The van der Waals surface area contributed by atoms with Crippen molar-refractivity contribution in [1.29, 1.82) is 0 Å². The zero-order chi connectivity index (χ0) is 17.9. The summed E-state index contributed by atoms with van der Waals surface area (Å²) in [7, 11) is 0. The Kier molecular flexibility index (Phi) is 5.42. The molecule has 1 amide bonds. The van der Waals surface area contributed by atoms with E-state index in [2.05, 4.69) is 17.3 Å². The maximum Gasteiger partial charge on any atom is 0.253 e. The maximum atomic E-state index is 12.5. The van der Waals surface area contributed by atoms with E-state index in [1.54, 1.807) is 28.8 Å². The lowest BCUT2D eigenvalue weighted by Gasteiger charge is -2.21. The van der Waals surface area contributed by atoms with E-state index in [1.807, 2.05) is 24.4 Å². The molecule has 132 valence electrons. The van der Waals surface area contributed by atoms with E-state index in [4.69, 9.17) is 0 Å². The Bertz CT molecular complexity index is 733. The number of carbonyl (C=O) groups is 1. The van der Waals surface area contributed by atoms with Crippen molar-refractivity contribution in [2.24, 2.45) is 0 Å². The van der Waals surface area contributed by atoms with Gasteiger partial charge < -0.3 is 15.1 Å². The third-order valence-electron chi connectivity index (χ3n) is 4.48. The summed E-state index contributed by atoms with van der Waals surface area (Å²) in [6, 6.07) is 11.4. The number of aliphatic hydroxyl groups excluding tert-OH is 1. The zero-order valence-corrected chi connectivity index (χ0v) is 15.0. The van der Waals surface area contributed by atoms with Gasteiger partial charge in [0.1, 0.15) is 5.60 Å². The van der Waals surface area contributed by atoms with Crippen LogP contribution in [0.4, 0.5) is 0 Å². The summed E-state index contributed by atoms with van der Waals surface area (Å²) in [4.78, 5) is 18.6. The van der Waals surface area contributed by atoms with E-state index in [9.17, 15) is 15.0 Å². The van der Waals surface area contributed by atoms with Gasteiger partial charge in [-0.2, -0.15) is 11.8 Å². The Morgan fingerprint density at radius 3 is 2.60 bits per heavy atom. The van der Waals surface area contributed by atoms with Gasteiger partial charge in [-0.1, -0.05) is 18.2 Å². The quantitative estimate of drug-likeness (QED) is 0.857. The zero-order valence-electron chi connectivity index (χ0n) is 14.2. The van der Waals surface area contributed by atoms with Crippen molar-refractivity contribution in [2.45, 2.75) is 17.8 Å². The van der Waals surface area contributed by atoms with Crippen molar-refractivity contribution in [3.8, 4) is 11.3 Å². The fourth-order valence-corrected chi connectivity index (χ4v) is 3.48. The second-order valence-electron chi connectivity index (χ2n) is 6.42. The van der Waals surface area contributed by atoms with Crippen LogP contribution in [-0.2, 0) is 5.75 Å². The van der Waals surface area contributed by atoms with Crippen LogP contribution in [0.15, 0.2) is 42.6 Å². The first kappa shape index (κ1) is 17.9. The number of pyridine rings is 1. The van der Waals surface area contributed by atoms with Gasteiger partial charge in [0.25, 0.3) is 5.91 Å². The van der Waals surface area contributed by atoms with Gasteiger partial charge in [0.2, 0.25) is 0 Å². The number of carbonyl (C=O) groups excluding carboxylic acids is 1. The van der Waals surface area contributed by atoms with Crippen LogP contribution in [0.3, 0.4) is 0 Å².